The molecule has 1 aliphatic rings. The van der Waals surface area contributed by atoms with E-state index in [4.69, 9.17) is 4.52 Å². The van der Waals surface area contributed by atoms with Crippen LogP contribution in [0.3, 0.4) is 0 Å². The average molecular weight is 445 g/mol. The van der Waals surface area contributed by atoms with E-state index in [1.54, 1.807) is 12.1 Å². The van der Waals surface area contributed by atoms with Gasteiger partial charge in [0.1, 0.15) is 5.82 Å². The maximum atomic E-state index is 13.6. The average Bonchev–Trinajstić information content (AvgIpc) is 3.42. The monoisotopic (exact) mass is 444 g/mol. The Hall–Kier alpha value is -2.26. The van der Waals surface area contributed by atoms with Gasteiger partial charge in [0.2, 0.25) is 5.89 Å². The second-order valence-corrected chi connectivity index (χ2v) is 9.29. The minimum Gasteiger partial charge on any atom is -0.338 e. The van der Waals surface area contributed by atoms with Crippen molar-refractivity contribution in [3.63, 3.8) is 0 Å². The largest absolute Gasteiger partial charge is 0.338 e. The molecule has 0 bridgehead atoms. The van der Waals surface area contributed by atoms with Gasteiger partial charge in [0.25, 0.3) is 0 Å². The first-order chi connectivity index (χ1) is 15.1. The number of hydrogen-bond acceptors (Lipinski definition) is 7. The fraction of sp³-hybridized carbons (Fsp3) is 0.545. The molecule has 4 rings (SSSR count). The van der Waals surface area contributed by atoms with Crippen LogP contribution >= 0.6 is 11.8 Å². The Balaban J connectivity index is 1.64. The lowest BCUT2D eigenvalue weighted by atomic mass is 10.1. The van der Waals surface area contributed by atoms with Crippen molar-refractivity contribution in [2.45, 2.75) is 69.3 Å². The molecule has 1 fully saturated rings. The zero-order valence-corrected chi connectivity index (χ0v) is 19.1. The third-order valence-corrected chi connectivity index (χ3v) is 6.67. The lowest BCUT2D eigenvalue weighted by molar-refractivity contribution is 0.167. The third-order valence-electron chi connectivity index (χ3n) is 5.64. The maximum absolute atomic E-state index is 13.6. The van der Waals surface area contributed by atoms with Gasteiger partial charge in [0.05, 0.1) is 11.3 Å². The molecule has 0 N–H and O–H groups in total. The van der Waals surface area contributed by atoms with Crippen LogP contribution < -0.4 is 0 Å². The number of thioether (sulfide) groups is 1. The van der Waals surface area contributed by atoms with E-state index < -0.39 is 0 Å². The first kappa shape index (κ1) is 22.0. The summed E-state index contributed by atoms with van der Waals surface area (Å²) in [7, 11) is 0. The first-order valence-corrected chi connectivity index (χ1v) is 11.9. The van der Waals surface area contributed by atoms with Crippen LogP contribution in [0, 0.1) is 5.82 Å². The highest BCUT2D eigenvalue weighted by molar-refractivity contribution is 7.99. The smallest absolute Gasteiger partial charge is 0.239 e. The molecule has 0 saturated carbocycles. The summed E-state index contributed by atoms with van der Waals surface area (Å²) >= 11 is 1.52. The van der Waals surface area contributed by atoms with Crippen LogP contribution in [-0.2, 0) is 6.42 Å². The zero-order chi connectivity index (χ0) is 21.8. The van der Waals surface area contributed by atoms with E-state index >= 15 is 0 Å². The minimum absolute atomic E-state index is 0.0837. The molecule has 2 atom stereocenters. The third kappa shape index (κ3) is 4.98. The van der Waals surface area contributed by atoms with Crippen LogP contribution in [0.5, 0.6) is 0 Å². The fourth-order valence-corrected chi connectivity index (χ4v) is 4.80. The number of aromatic nitrogens is 5. The molecule has 0 spiro atoms. The van der Waals surface area contributed by atoms with Gasteiger partial charge in [-0.15, -0.1) is 10.2 Å². The van der Waals surface area contributed by atoms with Crippen molar-refractivity contribution in [1.82, 2.24) is 29.8 Å². The summed E-state index contributed by atoms with van der Waals surface area (Å²) in [5, 5.41) is 13.8. The molecule has 1 saturated heterocycles. The van der Waals surface area contributed by atoms with E-state index in [1.165, 1.54) is 43.2 Å². The molecule has 0 radical (unpaired) electrons. The number of rotatable bonds is 8. The van der Waals surface area contributed by atoms with Gasteiger partial charge in [-0.25, -0.2) is 4.39 Å². The van der Waals surface area contributed by atoms with Crippen LogP contribution in [0.15, 0.2) is 33.9 Å². The molecule has 2 aromatic heterocycles. The first-order valence-electron chi connectivity index (χ1n) is 11.0. The molecule has 0 unspecified atom stereocenters. The van der Waals surface area contributed by atoms with Gasteiger partial charge in [-0.1, -0.05) is 30.3 Å². The van der Waals surface area contributed by atoms with Crippen molar-refractivity contribution in [3.05, 3.63) is 47.6 Å². The van der Waals surface area contributed by atoms with E-state index in [9.17, 15) is 4.39 Å². The van der Waals surface area contributed by atoms with Crippen LogP contribution in [0.2, 0.25) is 0 Å². The highest BCUT2D eigenvalue weighted by Gasteiger charge is 2.27. The molecule has 3 aromatic rings. The van der Waals surface area contributed by atoms with E-state index in [-0.39, 0.29) is 17.1 Å². The van der Waals surface area contributed by atoms with Gasteiger partial charge in [-0.05, 0) is 70.5 Å². The Morgan fingerprint density at radius 1 is 1.10 bits per heavy atom. The van der Waals surface area contributed by atoms with Crippen molar-refractivity contribution in [3.8, 4) is 5.69 Å². The van der Waals surface area contributed by atoms with Crippen LogP contribution in [0.1, 0.15) is 75.3 Å². The molecule has 9 heteroatoms. The summed E-state index contributed by atoms with van der Waals surface area (Å²) in [6, 6.07) is 6.59. The lowest BCUT2D eigenvalue weighted by Crippen LogP contribution is -2.33. The van der Waals surface area contributed by atoms with Crippen molar-refractivity contribution in [2.75, 3.05) is 13.1 Å². The standard InChI is InChI=1S/C22H29FN6OS/c1-4-8-19-24-21(30-27-19)16(3)31-22-26-25-20(15(2)28-13-6-5-7-14-28)29(22)18-11-9-17(23)10-12-18/h9-12,15-16H,4-8,13-14H2,1-3H3/t15-,16-/m1/s1. The zero-order valence-electron chi connectivity index (χ0n) is 18.3. The SMILES string of the molecule is CCCc1noc([C@@H](C)Sc2nnc([C@@H](C)N3CCCCC3)n2-c2ccc(F)cc2)n1. The van der Waals surface area contributed by atoms with Crippen molar-refractivity contribution >= 4 is 11.8 Å². The second kappa shape index (κ2) is 9.91. The Kier molecular flexibility index (Phi) is 7.02. The van der Waals surface area contributed by atoms with Gasteiger partial charge < -0.3 is 4.52 Å². The molecule has 0 aliphatic carbocycles. The highest BCUT2D eigenvalue weighted by Crippen LogP contribution is 2.36. The molecule has 0 amide bonds. The van der Waals surface area contributed by atoms with Gasteiger partial charge in [-0.2, -0.15) is 4.98 Å². The molecule has 31 heavy (non-hydrogen) atoms. The van der Waals surface area contributed by atoms with Crippen LogP contribution in [0.4, 0.5) is 4.39 Å². The molecule has 166 valence electrons. The van der Waals surface area contributed by atoms with Crippen LogP contribution in [0.25, 0.3) is 5.69 Å². The fourth-order valence-electron chi connectivity index (χ4n) is 3.90. The quantitative estimate of drug-likeness (QED) is 0.445. The number of benzene rings is 1. The Labute approximate surface area is 186 Å². The van der Waals surface area contributed by atoms with Crippen molar-refractivity contribution in [1.29, 1.82) is 0 Å². The van der Waals surface area contributed by atoms with Crippen molar-refractivity contribution < 1.29 is 8.91 Å². The highest BCUT2D eigenvalue weighted by atomic mass is 32.2. The number of nitrogens with zero attached hydrogens (tertiary/aromatic N) is 6. The molecular weight excluding hydrogens is 415 g/mol. The molecule has 1 aromatic carbocycles. The summed E-state index contributed by atoms with van der Waals surface area (Å²) in [6.45, 7) is 8.38. The second-order valence-electron chi connectivity index (χ2n) is 7.98. The van der Waals surface area contributed by atoms with Gasteiger partial charge in [0, 0.05) is 12.1 Å². The Bertz CT molecular complexity index is 982. The van der Waals surface area contributed by atoms with E-state index in [1.807, 2.05) is 11.5 Å². The summed E-state index contributed by atoms with van der Waals surface area (Å²) in [4.78, 5) is 6.96. The summed E-state index contributed by atoms with van der Waals surface area (Å²) in [5.41, 5.74) is 0.845. The lowest BCUT2D eigenvalue weighted by Gasteiger charge is -2.31. The predicted molar refractivity (Wildman–Crippen MR) is 118 cm³/mol. The summed E-state index contributed by atoms with van der Waals surface area (Å²) in [5.74, 6) is 1.90. The summed E-state index contributed by atoms with van der Waals surface area (Å²) < 4.78 is 21.1. The normalized spacial score (nSPS) is 17.0. The molecule has 7 nitrogen and oxygen atoms in total. The maximum Gasteiger partial charge on any atom is 0.239 e. The van der Waals surface area contributed by atoms with Gasteiger partial charge in [-0.3, -0.25) is 9.47 Å². The number of piperidine rings is 1. The number of aryl methyl sites for hydroxylation is 1. The number of halogens is 1. The van der Waals surface area contributed by atoms with Crippen molar-refractivity contribution in [2.24, 2.45) is 0 Å². The molecule has 3 heterocycles. The molecule has 1 aliphatic heterocycles. The van der Waals surface area contributed by atoms with E-state index in [0.717, 1.165) is 48.4 Å². The predicted octanol–water partition coefficient (Wildman–Crippen LogP) is 5.14. The topological polar surface area (TPSA) is 72.9 Å². The van der Waals surface area contributed by atoms with E-state index in [0.29, 0.717) is 5.89 Å². The van der Waals surface area contributed by atoms with E-state index in [2.05, 4.69) is 39.1 Å². The summed E-state index contributed by atoms with van der Waals surface area (Å²) in [6.07, 6.45) is 5.44. The number of hydrogen-bond donors (Lipinski definition) is 0. The van der Waals surface area contributed by atoms with Gasteiger partial charge >= 0.3 is 0 Å². The Morgan fingerprint density at radius 3 is 2.55 bits per heavy atom. The molecular formula is C22H29FN6OS. The Morgan fingerprint density at radius 2 is 1.84 bits per heavy atom. The number of likely N-dealkylation sites (tertiary alicyclic amines) is 1. The van der Waals surface area contributed by atoms with Gasteiger partial charge in [0.15, 0.2) is 16.8 Å². The van der Waals surface area contributed by atoms with Crippen LogP contribution in [-0.4, -0.2) is 42.9 Å². The minimum atomic E-state index is -0.265.